The summed E-state index contributed by atoms with van der Waals surface area (Å²) in [4.78, 5) is 42.3. The van der Waals surface area contributed by atoms with Crippen molar-refractivity contribution in [3.8, 4) is 11.3 Å². The molecular formula is C21H22FN3O4S. The summed E-state index contributed by atoms with van der Waals surface area (Å²) in [5, 5.41) is 2.50. The molecule has 7 nitrogen and oxygen atoms in total. The number of pyridine rings is 1. The number of thiazole rings is 1. The first-order chi connectivity index (χ1) is 14.3. The molecule has 0 saturated heterocycles. The van der Waals surface area contributed by atoms with Gasteiger partial charge >= 0.3 is 5.97 Å². The minimum absolute atomic E-state index is 0.0898. The minimum atomic E-state index is -0.727. The molecule has 1 amide bonds. The molecule has 0 radical (unpaired) electrons. The highest BCUT2D eigenvalue weighted by Crippen LogP contribution is 2.28. The number of amides is 1. The maximum Gasteiger partial charge on any atom is 0.343 e. The lowest BCUT2D eigenvalue weighted by Gasteiger charge is -2.13. The maximum atomic E-state index is 14.9. The van der Waals surface area contributed by atoms with Gasteiger partial charge in [-0.05, 0) is 26.0 Å². The van der Waals surface area contributed by atoms with E-state index in [0.717, 1.165) is 6.07 Å². The Balaban J connectivity index is 2.11. The number of ether oxygens (including phenoxy) is 1. The average molecular weight is 431 g/mol. The Labute approximate surface area is 176 Å². The number of carbonyl (C=O) groups excluding carboxylic acids is 2. The number of benzene rings is 1. The molecule has 1 aromatic carbocycles. The van der Waals surface area contributed by atoms with Crippen molar-refractivity contribution in [3.63, 3.8) is 0 Å². The van der Waals surface area contributed by atoms with Crippen molar-refractivity contribution < 1.29 is 18.7 Å². The lowest BCUT2D eigenvalue weighted by molar-refractivity contribution is -0.128. The molecule has 0 aliphatic carbocycles. The van der Waals surface area contributed by atoms with Gasteiger partial charge in [0.1, 0.15) is 16.4 Å². The number of aromatic nitrogens is 2. The first kappa shape index (κ1) is 21.6. The van der Waals surface area contributed by atoms with Crippen LogP contribution in [0.2, 0.25) is 0 Å². The van der Waals surface area contributed by atoms with Gasteiger partial charge in [0.05, 0.1) is 24.4 Å². The Kier molecular flexibility index (Phi) is 6.31. The predicted molar refractivity (Wildman–Crippen MR) is 113 cm³/mol. The lowest BCUT2D eigenvalue weighted by atomic mass is 10.1. The van der Waals surface area contributed by atoms with Gasteiger partial charge in [0.15, 0.2) is 0 Å². The number of fused-ring (bicyclic) bond motifs is 1. The van der Waals surface area contributed by atoms with Crippen LogP contribution in [0.15, 0.2) is 28.5 Å². The normalized spacial score (nSPS) is 11.0. The highest BCUT2D eigenvalue weighted by molar-refractivity contribution is 7.09. The molecule has 0 bridgehead atoms. The van der Waals surface area contributed by atoms with E-state index < -0.39 is 17.2 Å². The van der Waals surface area contributed by atoms with Crippen LogP contribution in [-0.2, 0) is 22.6 Å². The second kappa shape index (κ2) is 8.74. The van der Waals surface area contributed by atoms with E-state index in [4.69, 9.17) is 4.74 Å². The van der Waals surface area contributed by atoms with Crippen molar-refractivity contribution >= 4 is 34.1 Å². The Morgan fingerprint density at radius 1 is 1.30 bits per heavy atom. The van der Waals surface area contributed by atoms with Crippen LogP contribution in [-0.4, -0.2) is 40.0 Å². The number of esters is 1. The number of carbonyl (C=O) groups is 2. The van der Waals surface area contributed by atoms with Gasteiger partial charge < -0.3 is 14.2 Å². The zero-order valence-electron chi connectivity index (χ0n) is 17.2. The monoisotopic (exact) mass is 431 g/mol. The van der Waals surface area contributed by atoms with Gasteiger partial charge in [-0.3, -0.25) is 9.59 Å². The van der Waals surface area contributed by atoms with E-state index in [-0.39, 0.29) is 29.0 Å². The van der Waals surface area contributed by atoms with Crippen LogP contribution in [0.1, 0.15) is 36.1 Å². The molecule has 0 saturated carbocycles. The molecule has 0 N–H and O–H groups in total. The number of aryl methyl sites for hydroxylation is 1. The van der Waals surface area contributed by atoms with E-state index in [1.165, 1.54) is 29.4 Å². The molecular weight excluding hydrogens is 409 g/mol. The summed E-state index contributed by atoms with van der Waals surface area (Å²) in [6, 6.07) is 2.71. The zero-order chi connectivity index (χ0) is 22.0. The molecule has 0 fully saturated rings. The molecule has 2 aromatic heterocycles. The van der Waals surface area contributed by atoms with E-state index in [9.17, 15) is 18.8 Å². The largest absolute Gasteiger partial charge is 0.462 e. The van der Waals surface area contributed by atoms with Crippen LogP contribution in [0, 0.1) is 5.82 Å². The van der Waals surface area contributed by atoms with Crippen LogP contribution >= 0.6 is 11.3 Å². The summed E-state index contributed by atoms with van der Waals surface area (Å²) in [7, 11) is 1.67. The van der Waals surface area contributed by atoms with Gasteiger partial charge in [0, 0.05) is 43.0 Å². The topological polar surface area (TPSA) is 81.5 Å². The summed E-state index contributed by atoms with van der Waals surface area (Å²) in [6.45, 7) is 5.92. The second-order valence-electron chi connectivity index (χ2n) is 6.73. The SMILES string of the molecule is CCOC(=O)c1cn(CC)c2cc(-c3csc(CN(C)C(C)=O)n3)c(F)cc2c1=O. The Bertz CT molecular complexity index is 1180. The van der Waals surface area contributed by atoms with E-state index in [1.54, 1.807) is 30.0 Å². The Hall–Kier alpha value is -3.07. The van der Waals surface area contributed by atoms with Gasteiger partial charge in [0.2, 0.25) is 11.3 Å². The molecule has 2 heterocycles. The molecule has 3 aromatic rings. The third-order valence-electron chi connectivity index (χ3n) is 4.74. The second-order valence-corrected chi connectivity index (χ2v) is 7.67. The number of hydrogen-bond donors (Lipinski definition) is 0. The number of hydrogen-bond acceptors (Lipinski definition) is 6. The third-order valence-corrected chi connectivity index (χ3v) is 5.58. The molecule has 3 rings (SSSR count). The van der Waals surface area contributed by atoms with Gasteiger partial charge in [-0.1, -0.05) is 0 Å². The van der Waals surface area contributed by atoms with Gasteiger partial charge in [-0.15, -0.1) is 11.3 Å². The zero-order valence-corrected chi connectivity index (χ0v) is 18.0. The summed E-state index contributed by atoms with van der Waals surface area (Å²) in [5.74, 6) is -1.43. The smallest absolute Gasteiger partial charge is 0.343 e. The van der Waals surface area contributed by atoms with Crippen molar-refractivity contribution in [2.24, 2.45) is 0 Å². The van der Waals surface area contributed by atoms with Crippen LogP contribution in [0.5, 0.6) is 0 Å². The van der Waals surface area contributed by atoms with E-state index >= 15 is 0 Å². The van der Waals surface area contributed by atoms with Crippen LogP contribution in [0.3, 0.4) is 0 Å². The van der Waals surface area contributed by atoms with Crippen LogP contribution in [0.25, 0.3) is 22.2 Å². The highest BCUT2D eigenvalue weighted by atomic mass is 32.1. The van der Waals surface area contributed by atoms with Gasteiger partial charge in [-0.2, -0.15) is 0 Å². The molecule has 158 valence electrons. The summed E-state index contributed by atoms with van der Waals surface area (Å²) < 4.78 is 21.6. The summed E-state index contributed by atoms with van der Waals surface area (Å²) >= 11 is 1.33. The predicted octanol–water partition coefficient (Wildman–Crippen LogP) is 3.44. The highest BCUT2D eigenvalue weighted by Gasteiger charge is 2.19. The van der Waals surface area contributed by atoms with E-state index in [0.29, 0.717) is 29.3 Å². The number of rotatable bonds is 6. The lowest BCUT2D eigenvalue weighted by Crippen LogP contribution is -2.22. The van der Waals surface area contributed by atoms with Crippen molar-refractivity contribution in [3.05, 3.63) is 50.3 Å². The van der Waals surface area contributed by atoms with E-state index in [2.05, 4.69) is 4.98 Å². The van der Waals surface area contributed by atoms with E-state index in [1.807, 2.05) is 6.92 Å². The molecule has 0 aliphatic rings. The molecule has 0 aliphatic heterocycles. The Morgan fingerprint density at radius 3 is 2.67 bits per heavy atom. The fourth-order valence-corrected chi connectivity index (χ4v) is 3.89. The maximum absolute atomic E-state index is 14.9. The standard InChI is InChI=1S/C21H22FN3O4S/c1-5-25-9-15(21(28)29-6-2)20(27)14-7-16(22)13(8-18(14)25)17-11-30-19(23-17)10-24(4)12(3)26/h7-9,11H,5-6,10H2,1-4H3. The first-order valence-electron chi connectivity index (χ1n) is 9.47. The first-order valence-corrected chi connectivity index (χ1v) is 10.3. The van der Waals surface area contributed by atoms with Crippen molar-refractivity contribution in [1.29, 1.82) is 0 Å². The number of halogens is 1. The van der Waals surface area contributed by atoms with Crippen molar-refractivity contribution in [2.45, 2.75) is 33.9 Å². The Morgan fingerprint density at radius 2 is 2.03 bits per heavy atom. The van der Waals surface area contributed by atoms with Crippen molar-refractivity contribution in [2.75, 3.05) is 13.7 Å². The van der Waals surface area contributed by atoms with Crippen molar-refractivity contribution in [1.82, 2.24) is 14.5 Å². The fourth-order valence-electron chi connectivity index (χ4n) is 3.04. The molecule has 0 atom stereocenters. The summed E-state index contributed by atoms with van der Waals surface area (Å²) in [5.41, 5.74) is 0.487. The fraction of sp³-hybridized carbons (Fsp3) is 0.333. The quantitative estimate of drug-likeness (QED) is 0.559. The number of nitrogens with zero attached hydrogens (tertiary/aromatic N) is 3. The van der Waals surface area contributed by atoms with Gasteiger partial charge in [0.25, 0.3) is 0 Å². The molecule has 30 heavy (non-hydrogen) atoms. The van der Waals surface area contributed by atoms with Crippen LogP contribution in [0.4, 0.5) is 4.39 Å². The van der Waals surface area contributed by atoms with Gasteiger partial charge in [-0.25, -0.2) is 14.2 Å². The van der Waals surface area contributed by atoms with Crippen LogP contribution < -0.4 is 5.43 Å². The molecule has 0 unspecified atom stereocenters. The molecule has 0 spiro atoms. The summed E-state index contributed by atoms with van der Waals surface area (Å²) in [6.07, 6.45) is 1.44. The minimum Gasteiger partial charge on any atom is -0.462 e. The third kappa shape index (κ3) is 4.11. The molecule has 9 heteroatoms. The average Bonchev–Trinajstić information content (AvgIpc) is 3.16.